The van der Waals surface area contributed by atoms with Crippen LogP contribution in [0.5, 0.6) is 5.75 Å². The molecule has 1 amide bonds. The van der Waals surface area contributed by atoms with E-state index in [2.05, 4.69) is 20.4 Å². The molecular formula is C19H14F6N4O2. The lowest BCUT2D eigenvalue weighted by Gasteiger charge is -2.16. The fourth-order valence-corrected chi connectivity index (χ4v) is 2.76. The Hall–Kier alpha value is -3.57. The Morgan fingerprint density at radius 2 is 1.81 bits per heavy atom. The first-order chi connectivity index (χ1) is 14.6. The number of amides is 1. The van der Waals surface area contributed by atoms with E-state index in [1.54, 1.807) is 0 Å². The highest BCUT2D eigenvalue weighted by molar-refractivity contribution is 5.93. The average molecular weight is 444 g/mol. The number of carbonyl (C=O) groups is 1. The molecule has 2 aromatic carbocycles. The lowest BCUT2D eigenvalue weighted by atomic mass is 10.1. The number of halogens is 6. The molecule has 0 spiro atoms. The number of benzene rings is 2. The summed E-state index contributed by atoms with van der Waals surface area (Å²) in [7, 11) is 0. The number of carbonyl (C=O) groups excluding carboxylic acids is 1. The van der Waals surface area contributed by atoms with Crippen molar-refractivity contribution in [3.05, 3.63) is 71.3 Å². The molecule has 0 saturated heterocycles. The van der Waals surface area contributed by atoms with Crippen LogP contribution in [-0.2, 0) is 6.18 Å². The molecule has 6 nitrogen and oxygen atoms in total. The number of nitrogens with zero attached hydrogens (tertiary/aromatic N) is 3. The van der Waals surface area contributed by atoms with Crippen LogP contribution in [-0.4, -0.2) is 27.5 Å². The van der Waals surface area contributed by atoms with Crippen molar-refractivity contribution < 1.29 is 35.9 Å². The van der Waals surface area contributed by atoms with E-state index in [1.807, 2.05) is 0 Å². The normalized spacial score (nSPS) is 12.6. The van der Waals surface area contributed by atoms with Crippen LogP contribution in [0.1, 0.15) is 34.7 Å². The Morgan fingerprint density at radius 3 is 2.42 bits per heavy atom. The van der Waals surface area contributed by atoms with Crippen LogP contribution in [0.3, 0.4) is 0 Å². The van der Waals surface area contributed by atoms with E-state index in [0.717, 1.165) is 24.3 Å². The van der Waals surface area contributed by atoms with E-state index in [1.165, 1.54) is 31.2 Å². The Bertz CT molecular complexity index is 1070. The summed E-state index contributed by atoms with van der Waals surface area (Å²) in [6, 6.07) is 8.46. The summed E-state index contributed by atoms with van der Waals surface area (Å²) in [5, 5.41) is 9.06. The quantitative estimate of drug-likeness (QED) is 0.568. The molecule has 0 saturated carbocycles. The maximum absolute atomic E-state index is 13.7. The molecule has 0 aliphatic carbocycles. The van der Waals surface area contributed by atoms with Crippen LogP contribution < -0.4 is 10.1 Å². The Kier molecular flexibility index (Phi) is 6.18. The molecule has 0 aliphatic heterocycles. The molecule has 1 aromatic heterocycles. The van der Waals surface area contributed by atoms with E-state index in [9.17, 15) is 31.1 Å². The number of nitrogens with one attached hydrogen (secondary N) is 1. The number of hydrogen-bond donors (Lipinski definition) is 1. The Balaban J connectivity index is 1.89. The lowest BCUT2D eigenvalue weighted by Crippen LogP contribution is -2.29. The van der Waals surface area contributed by atoms with Crippen molar-refractivity contribution in [2.24, 2.45) is 0 Å². The standard InChI is InChI=1S/C19H14F6N4O2/c1-10(11-3-2-4-14(9-11)31-18(21)22)26-17(30)15-16(19(23,24)25)29(28-27-15)13-7-5-12(20)6-8-13/h2-10,18H,1H3,(H,26,30). The predicted molar refractivity (Wildman–Crippen MR) is 95.3 cm³/mol. The minimum Gasteiger partial charge on any atom is -0.435 e. The van der Waals surface area contributed by atoms with Gasteiger partial charge in [0.2, 0.25) is 0 Å². The molecular weight excluding hydrogens is 430 g/mol. The molecule has 1 heterocycles. The molecule has 0 aliphatic rings. The molecule has 0 fully saturated rings. The van der Waals surface area contributed by atoms with Gasteiger partial charge in [0.25, 0.3) is 5.91 Å². The second-order valence-corrected chi connectivity index (χ2v) is 6.32. The summed E-state index contributed by atoms with van der Waals surface area (Å²) < 4.78 is 83.5. The average Bonchev–Trinajstić information content (AvgIpc) is 3.14. The smallest absolute Gasteiger partial charge is 0.435 e. The van der Waals surface area contributed by atoms with E-state index in [4.69, 9.17) is 0 Å². The van der Waals surface area contributed by atoms with Crippen molar-refractivity contribution in [1.29, 1.82) is 0 Å². The summed E-state index contributed by atoms with van der Waals surface area (Å²) in [5.41, 5.74) is -2.28. The summed E-state index contributed by atoms with van der Waals surface area (Å²) in [4.78, 5) is 12.5. The third-order valence-corrected chi connectivity index (χ3v) is 4.16. The zero-order valence-electron chi connectivity index (χ0n) is 15.7. The van der Waals surface area contributed by atoms with E-state index in [-0.39, 0.29) is 11.4 Å². The van der Waals surface area contributed by atoms with Crippen LogP contribution in [0, 0.1) is 5.82 Å². The molecule has 31 heavy (non-hydrogen) atoms. The van der Waals surface area contributed by atoms with Crippen LogP contribution in [0.4, 0.5) is 26.3 Å². The number of hydrogen-bond acceptors (Lipinski definition) is 4. The van der Waals surface area contributed by atoms with Gasteiger partial charge in [-0.3, -0.25) is 4.79 Å². The highest BCUT2D eigenvalue weighted by atomic mass is 19.4. The number of rotatable bonds is 6. The zero-order valence-corrected chi connectivity index (χ0v) is 15.7. The predicted octanol–water partition coefficient (Wildman–Crippen LogP) is 4.52. The van der Waals surface area contributed by atoms with Gasteiger partial charge in [-0.1, -0.05) is 17.3 Å². The SMILES string of the molecule is CC(NC(=O)c1nnn(-c2ccc(F)cc2)c1C(F)(F)F)c1cccc(OC(F)F)c1. The maximum atomic E-state index is 13.7. The van der Waals surface area contributed by atoms with E-state index >= 15 is 0 Å². The lowest BCUT2D eigenvalue weighted by molar-refractivity contribution is -0.143. The van der Waals surface area contributed by atoms with E-state index in [0.29, 0.717) is 10.2 Å². The van der Waals surface area contributed by atoms with Crippen LogP contribution >= 0.6 is 0 Å². The molecule has 12 heteroatoms. The van der Waals surface area contributed by atoms with Crippen LogP contribution in [0.25, 0.3) is 5.69 Å². The largest absolute Gasteiger partial charge is 0.435 e. The van der Waals surface area contributed by atoms with Crippen molar-refractivity contribution in [3.8, 4) is 11.4 Å². The molecule has 1 N–H and O–H groups in total. The number of alkyl halides is 5. The summed E-state index contributed by atoms with van der Waals surface area (Å²) in [6.07, 6.45) is -5.00. The van der Waals surface area contributed by atoms with Gasteiger partial charge >= 0.3 is 12.8 Å². The van der Waals surface area contributed by atoms with Crippen molar-refractivity contribution in [3.63, 3.8) is 0 Å². The third kappa shape index (κ3) is 5.13. The van der Waals surface area contributed by atoms with Crippen molar-refractivity contribution >= 4 is 5.91 Å². The second kappa shape index (κ2) is 8.66. The van der Waals surface area contributed by atoms with Gasteiger partial charge in [-0.25, -0.2) is 9.07 Å². The highest BCUT2D eigenvalue weighted by Gasteiger charge is 2.42. The zero-order chi connectivity index (χ0) is 22.8. The highest BCUT2D eigenvalue weighted by Crippen LogP contribution is 2.33. The van der Waals surface area contributed by atoms with E-state index < -0.39 is 41.9 Å². The molecule has 0 bridgehead atoms. The van der Waals surface area contributed by atoms with Gasteiger partial charge in [0, 0.05) is 0 Å². The fraction of sp³-hybridized carbons (Fsp3) is 0.211. The maximum Gasteiger partial charge on any atom is 0.435 e. The molecule has 1 atom stereocenters. The van der Waals surface area contributed by atoms with Gasteiger partial charge in [0.1, 0.15) is 11.6 Å². The molecule has 1 unspecified atom stereocenters. The van der Waals surface area contributed by atoms with Gasteiger partial charge in [-0.2, -0.15) is 22.0 Å². The topological polar surface area (TPSA) is 69.0 Å². The fourth-order valence-electron chi connectivity index (χ4n) is 2.76. The van der Waals surface area contributed by atoms with Crippen molar-refractivity contribution in [2.75, 3.05) is 0 Å². The first kappa shape index (κ1) is 22.1. The van der Waals surface area contributed by atoms with Crippen molar-refractivity contribution in [2.45, 2.75) is 25.8 Å². The van der Waals surface area contributed by atoms with Gasteiger partial charge in [-0.15, -0.1) is 5.10 Å². The first-order valence-electron chi connectivity index (χ1n) is 8.70. The van der Waals surface area contributed by atoms with Gasteiger partial charge in [0.05, 0.1) is 11.7 Å². The first-order valence-corrected chi connectivity index (χ1v) is 8.70. The Morgan fingerprint density at radius 1 is 1.13 bits per heavy atom. The third-order valence-electron chi connectivity index (χ3n) is 4.16. The minimum absolute atomic E-state index is 0.148. The minimum atomic E-state index is -5.00. The molecule has 3 aromatic rings. The summed E-state index contributed by atoms with van der Waals surface area (Å²) >= 11 is 0. The molecule has 0 radical (unpaired) electrons. The molecule has 164 valence electrons. The van der Waals surface area contributed by atoms with Gasteiger partial charge in [0.15, 0.2) is 11.4 Å². The second-order valence-electron chi connectivity index (χ2n) is 6.32. The summed E-state index contributed by atoms with van der Waals surface area (Å²) in [5.74, 6) is -2.03. The van der Waals surface area contributed by atoms with Crippen LogP contribution in [0.2, 0.25) is 0 Å². The van der Waals surface area contributed by atoms with Gasteiger partial charge < -0.3 is 10.1 Å². The van der Waals surface area contributed by atoms with Crippen LogP contribution in [0.15, 0.2) is 48.5 Å². The van der Waals surface area contributed by atoms with Crippen molar-refractivity contribution in [1.82, 2.24) is 20.3 Å². The molecule has 3 rings (SSSR count). The van der Waals surface area contributed by atoms with Gasteiger partial charge in [-0.05, 0) is 48.9 Å². The number of aromatic nitrogens is 3. The Labute approximate surface area is 171 Å². The monoisotopic (exact) mass is 444 g/mol. The number of ether oxygens (including phenoxy) is 1. The summed E-state index contributed by atoms with van der Waals surface area (Å²) in [6.45, 7) is -1.62.